The molecule has 0 heterocycles. The molecular formula is C12H16FIN2O. The second kappa shape index (κ2) is 6.18. The summed E-state index contributed by atoms with van der Waals surface area (Å²) in [6, 6.07) is 4.62. The quantitative estimate of drug-likeness (QED) is 0.847. The molecule has 0 spiro atoms. The maximum absolute atomic E-state index is 12.9. The van der Waals surface area contributed by atoms with Crippen molar-refractivity contribution in [2.75, 3.05) is 18.9 Å². The van der Waals surface area contributed by atoms with Gasteiger partial charge in [-0.25, -0.2) is 4.39 Å². The minimum atomic E-state index is -0.273. The molecule has 0 aliphatic heterocycles. The number of amides is 1. The molecule has 0 saturated heterocycles. The van der Waals surface area contributed by atoms with E-state index < -0.39 is 0 Å². The van der Waals surface area contributed by atoms with Gasteiger partial charge in [-0.2, -0.15) is 0 Å². The summed E-state index contributed by atoms with van der Waals surface area (Å²) in [5, 5.41) is 3.01. The summed E-state index contributed by atoms with van der Waals surface area (Å²) in [4.78, 5) is 13.4. The van der Waals surface area contributed by atoms with Crippen molar-refractivity contribution in [3.63, 3.8) is 0 Å². The Bertz CT molecular complexity index is 409. The second-order valence-corrected chi connectivity index (χ2v) is 5.24. The fourth-order valence-electron chi connectivity index (χ4n) is 1.22. The lowest BCUT2D eigenvalue weighted by Crippen LogP contribution is -2.37. The van der Waals surface area contributed by atoms with Crippen LogP contribution in [0, 0.1) is 9.39 Å². The summed E-state index contributed by atoms with van der Waals surface area (Å²) >= 11 is 2.04. The zero-order valence-electron chi connectivity index (χ0n) is 10.1. The molecule has 0 atom stereocenters. The molecule has 94 valence electrons. The van der Waals surface area contributed by atoms with Crippen molar-refractivity contribution in [2.24, 2.45) is 0 Å². The summed E-state index contributed by atoms with van der Waals surface area (Å²) in [7, 11) is 1.77. The molecule has 0 aliphatic carbocycles. The van der Waals surface area contributed by atoms with Gasteiger partial charge in [-0.3, -0.25) is 4.79 Å². The average molecular weight is 350 g/mol. The number of likely N-dealkylation sites (N-methyl/N-ethyl adjacent to an activating group) is 1. The predicted octanol–water partition coefficient (Wildman–Crippen LogP) is 2.71. The smallest absolute Gasteiger partial charge is 0.241 e. The van der Waals surface area contributed by atoms with Crippen molar-refractivity contribution >= 4 is 34.2 Å². The Morgan fingerprint density at radius 1 is 1.53 bits per heavy atom. The molecule has 0 aromatic heterocycles. The minimum absolute atomic E-state index is 0.0140. The number of anilines is 1. The molecule has 1 aromatic rings. The number of nitrogens with one attached hydrogen (secondary N) is 1. The Labute approximate surface area is 115 Å². The van der Waals surface area contributed by atoms with Crippen LogP contribution in [0.5, 0.6) is 0 Å². The molecule has 0 saturated carbocycles. The van der Waals surface area contributed by atoms with Crippen LogP contribution in [0.1, 0.15) is 13.8 Å². The summed E-state index contributed by atoms with van der Waals surface area (Å²) in [6.07, 6.45) is 0. The lowest BCUT2D eigenvalue weighted by molar-refractivity contribution is -0.129. The Balaban J connectivity index is 2.59. The van der Waals surface area contributed by atoms with Gasteiger partial charge in [0.1, 0.15) is 5.82 Å². The van der Waals surface area contributed by atoms with Gasteiger partial charge in [0.2, 0.25) is 5.91 Å². The fourth-order valence-corrected chi connectivity index (χ4v) is 1.88. The van der Waals surface area contributed by atoms with E-state index in [2.05, 4.69) is 5.32 Å². The van der Waals surface area contributed by atoms with Crippen molar-refractivity contribution in [1.29, 1.82) is 0 Å². The van der Waals surface area contributed by atoms with E-state index in [-0.39, 0.29) is 24.3 Å². The van der Waals surface area contributed by atoms with Gasteiger partial charge in [-0.1, -0.05) is 0 Å². The van der Waals surface area contributed by atoms with E-state index in [1.807, 2.05) is 36.4 Å². The van der Waals surface area contributed by atoms with Gasteiger partial charge < -0.3 is 10.2 Å². The van der Waals surface area contributed by atoms with Crippen LogP contribution in [0.3, 0.4) is 0 Å². The maximum atomic E-state index is 12.9. The topological polar surface area (TPSA) is 32.3 Å². The molecule has 5 heteroatoms. The zero-order chi connectivity index (χ0) is 13.0. The van der Waals surface area contributed by atoms with Crippen LogP contribution < -0.4 is 5.32 Å². The summed E-state index contributed by atoms with van der Waals surface area (Å²) in [5.74, 6) is -0.259. The highest BCUT2D eigenvalue weighted by molar-refractivity contribution is 14.1. The van der Waals surface area contributed by atoms with Crippen LogP contribution in [0.4, 0.5) is 10.1 Å². The molecule has 1 rings (SSSR count). The van der Waals surface area contributed by atoms with Gasteiger partial charge in [0.05, 0.1) is 6.54 Å². The summed E-state index contributed by atoms with van der Waals surface area (Å²) in [5.41, 5.74) is 0.775. The molecule has 1 N–H and O–H groups in total. The molecule has 0 fully saturated rings. The first-order valence-electron chi connectivity index (χ1n) is 5.36. The number of carbonyl (C=O) groups is 1. The number of hydrogen-bond donors (Lipinski definition) is 1. The van der Waals surface area contributed by atoms with Gasteiger partial charge >= 0.3 is 0 Å². The van der Waals surface area contributed by atoms with Crippen LogP contribution >= 0.6 is 22.6 Å². The third kappa shape index (κ3) is 4.14. The Hall–Kier alpha value is -0.850. The third-order valence-corrected chi connectivity index (χ3v) is 3.42. The molecule has 0 radical (unpaired) electrons. The molecule has 3 nitrogen and oxygen atoms in total. The number of hydrogen-bond acceptors (Lipinski definition) is 2. The second-order valence-electron chi connectivity index (χ2n) is 4.08. The Morgan fingerprint density at radius 3 is 2.71 bits per heavy atom. The first kappa shape index (κ1) is 14.2. The minimum Gasteiger partial charge on any atom is -0.375 e. The van der Waals surface area contributed by atoms with E-state index in [1.165, 1.54) is 12.1 Å². The lowest BCUT2D eigenvalue weighted by atomic mass is 10.3. The first-order valence-corrected chi connectivity index (χ1v) is 6.44. The third-order valence-electron chi connectivity index (χ3n) is 2.53. The highest BCUT2D eigenvalue weighted by Crippen LogP contribution is 2.18. The normalized spacial score (nSPS) is 10.5. The van der Waals surface area contributed by atoms with E-state index in [4.69, 9.17) is 0 Å². The number of carbonyl (C=O) groups excluding carboxylic acids is 1. The van der Waals surface area contributed by atoms with Crippen molar-refractivity contribution in [3.8, 4) is 0 Å². The molecule has 17 heavy (non-hydrogen) atoms. The van der Waals surface area contributed by atoms with Crippen molar-refractivity contribution in [3.05, 3.63) is 27.6 Å². The van der Waals surface area contributed by atoms with Crippen LogP contribution in [-0.4, -0.2) is 30.4 Å². The molecule has 0 unspecified atom stereocenters. The molecule has 0 aliphatic rings. The van der Waals surface area contributed by atoms with Crippen molar-refractivity contribution in [1.82, 2.24) is 4.90 Å². The highest BCUT2D eigenvalue weighted by atomic mass is 127. The number of nitrogens with zero attached hydrogens (tertiary/aromatic N) is 1. The summed E-state index contributed by atoms with van der Waals surface area (Å²) in [6.45, 7) is 4.13. The van der Waals surface area contributed by atoms with E-state index >= 15 is 0 Å². The van der Waals surface area contributed by atoms with E-state index in [9.17, 15) is 9.18 Å². The van der Waals surface area contributed by atoms with Gasteiger partial charge in [0, 0.05) is 22.3 Å². The molecule has 1 aromatic carbocycles. The largest absolute Gasteiger partial charge is 0.375 e. The Morgan fingerprint density at radius 2 is 2.18 bits per heavy atom. The van der Waals surface area contributed by atoms with Crippen LogP contribution in [0.15, 0.2) is 18.2 Å². The molecule has 1 amide bonds. The highest BCUT2D eigenvalue weighted by Gasteiger charge is 2.11. The number of halogens is 2. The van der Waals surface area contributed by atoms with Crippen LogP contribution in [0.2, 0.25) is 0 Å². The SMILES string of the molecule is CC(C)N(C)C(=O)CNc1ccc(F)cc1I. The number of rotatable bonds is 4. The van der Waals surface area contributed by atoms with Gasteiger partial charge in [0.25, 0.3) is 0 Å². The van der Waals surface area contributed by atoms with E-state index in [0.29, 0.717) is 0 Å². The van der Waals surface area contributed by atoms with Gasteiger partial charge in [0.15, 0.2) is 0 Å². The van der Waals surface area contributed by atoms with E-state index in [1.54, 1.807) is 18.0 Å². The predicted molar refractivity (Wildman–Crippen MR) is 75.5 cm³/mol. The monoisotopic (exact) mass is 350 g/mol. The standard InChI is InChI=1S/C12H16FIN2O/c1-8(2)16(3)12(17)7-15-11-5-4-9(13)6-10(11)14/h4-6,8,15H,7H2,1-3H3. The Kier molecular flexibility index (Phi) is 5.17. The van der Waals surface area contributed by atoms with Crippen LogP contribution in [0.25, 0.3) is 0 Å². The van der Waals surface area contributed by atoms with E-state index in [0.717, 1.165) is 9.26 Å². The molecular weight excluding hydrogens is 334 g/mol. The number of benzene rings is 1. The fraction of sp³-hybridized carbons (Fsp3) is 0.417. The average Bonchev–Trinajstić information content (AvgIpc) is 2.26. The summed E-state index contributed by atoms with van der Waals surface area (Å²) < 4.78 is 13.6. The molecule has 0 bridgehead atoms. The van der Waals surface area contributed by atoms with Gasteiger partial charge in [-0.05, 0) is 54.6 Å². The lowest BCUT2D eigenvalue weighted by Gasteiger charge is -2.22. The van der Waals surface area contributed by atoms with Crippen molar-refractivity contribution < 1.29 is 9.18 Å². The maximum Gasteiger partial charge on any atom is 0.241 e. The van der Waals surface area contributed by atoms with Gasteiger partial charge in [-0.15, -0.1) is 0 Å². The first-order chi connectivity index (χ1) is 7.91. The van der Waals surface area contributed by atoms with Crippen molar-refractivity contribution in [2.45, 2.75) is 19.9 Å². The van der Waals surface area contributed by atoms with Crippen LogP contribution in [-0.2, 0) is 4.79 Å². The zero-order valence-corrected chi connectivity index (χ0v) is 12.3.